The van der Waals surface area contributed by atoms with Gasteiger partial charge in [-0.1, -0.05) is 23.7 Å². The van der Waals surface area contributed by atoms with Crippen molar-refractivity contribution in [3.8, 4) is 5.88 Å². The number of nitrogens with one attached hydrogen (secondary N) is 2. The SMILES string of the molecule is COc1cc(CNC(=O)CC(NC(C)=O)c2ccc(Cl)cc2)ccn1. The topological polar surface area (TPSA) is 80.3 Å². The van der Waals surface area contributed by atoms with Crippen molar-refractivity contribution in [2.24, 2.45) is 0 Å². The monoisotopic (exact) mass is 361 g/mol. The highest BCUT2D eigenvalue weighted by molar-refractivity contribution is 6.30. The second-order valence-corrected chi connectivity index (χ2v) is 5.93. The normalized spacial score (nSPS) is 11.5. The van der Waals surface area contributed by atoms with Gasteiger partial charge in [-0.3, -0.25) is 9.59 Å². The second kappa shape index (κ2) is 9.03. The molecule has 0 radical (unpaired) electrons. The number of carbonyl (C=O) groups is 2. The third-order valence-electron chi connectivity index (χ3n) is 3.54. The van der Waals surface area contributed by atoms with Gasteiger partial charge in [-0.25, -0.2) is 4.98 Å². The molecule has 25 heavy (non-hydrogen) atoms. The minimum absolute atomic E-state index is 0.128. The molecule has 0 aliphatic carbocycles. The van der Waals surface area contributed by atoms with E-state index < -0.39 is 6.04 Å². The Morgan fingerprint density at radius 1 is 1.24 bits per heavy atom. The molecule has 1 unspecified atom stereocenters. The predicted octanol–water partition coefficient (Wildman–Crippen LogP) is 2.63. The fourth-order valence-electron chi connectivity index (χ4n) is 2.32. The lowest BCUT2D eigenvalue weighted by molar-refractivity contribution is -0.122. The summed E-state index contributed by atoms with van der Waals surface area (Å²) in [5.74, 6) is 0.111. The van der Waals surface area contributed by atoms with Crippen LogP contribution in [-0.2, 0) is 16.1 Å². The van der Waals surface area contributed by atoms with Crippen LogP contribution in [0.2, 0.25) is 5.02 Å². The minimum Gasteiger partial charge on any atom is -0.481 e. The van der Waals surface area contributed by atoms with Crippen molar-refractivity contribution < 1.29 is 14.3 Å². The van der Waals surface area contributed by atoms with Crippen molar-refractivity contribution in [1.29, 1.82) is 0 Å². The number of carbonyl (C=O) groups excluding carboxylic acids is 2. The van der Waals surface area contributed by atoms with Gasteiger partial charge in [0.25, 0.3) is 0 Å². The predicted molar refractivity (Wildman–Crippen MR) is 95.3 cm³/mol. The zero-order valence-corrected chi connectivity index (χ0v) is 14.8. The van der Waals surface area contributed by atoms with Crippen LogP contribution >= 0.6 is 11.6 Å². The first-order chi connectivity index (χ1) is 12.0. The summed E-state index contributed by atoms with van der Waals surface area (Å²) in [4.78, 5) is 27.7. The molecule has 1 aromatic heterocycles. The Bertz CT molecular complexity index is 735. The van der Waals surface area contributed by atoms with Crippen LogP contribution in [0.4, 0.5) is 0 Å². The highest BCUT2D eigenvalue weighted by Crippen LogP contribution is 2.19. The van der Waals surface area contributed by atoms with E-state index in [0.29, 0.717) is 17.4 Å². The maximum atomic E-state index is 12.3. The number of methoxy groups -OCH3 is 1. The molecule has 132 valence electrons. The first-order valence-electron chi connectivity index (χ1n) is 7.76. The van der Waals surface area contributed by atoms with Crippen molar-refractivity contribution in [1.82, 2.24) is 15.6 Å². The number of hydrogen-bond donors (Lipinski definition) is 2. The largest absolute Gasteiger partial charge is 0.481 e. The minimum atomic E-state index is -0.415. The maximum Gasteiger partial charge on any atom is 0.222 e. The third-order valence-corrected chi connectivity index (χ3v) is 3.79. The van der Waals surface area contributed by atoms with Gasteiger partial charge >= 0.3 is 0 Å². The summed E-state index contributed by atoms with van der Waals surface area (Å²) in [6.45, 7) is 1.77. The second-order valence-electron chi connectivity index (χ2n) is 5.49. The Morgan fingerprint density at radius 2 is 1.96 bits per heavy atom. The summed E-state index contributed by atoms with van der Waals surface area (Å²) >= 11 is 5.89. The van der Waals surface area contributed by atoms with E-state index in [9.17, 15) is 9.59 Å². The molecule has 0 aliphatic heterocycles. The summed E-state index contributed by atoms with van der Waals surface area (Å²) in [5.41, 5.74) is 1.70. The van der Waals surface area contributed by atoms with E-state index >= 15 is 0 Å². The molecule has 0 saturated carbocycles. The number of aromatic nitrogens is 1. The summed E-state index contributed by atoms with van der Waals surface area (Å²) in [6, 6.07) is 10.2. The quantitative estimate of drug-likeness (QED) is 0.794. The molecule has 0 bridgehead atoms. The smallest absolute Gasteiger partial charge is 0.222 e. The molecule has 0 fully saturated rings. The Kier molecular flexibility index (Phi) is 6.77. The van der Waals surface area contributed by atoms with Crippen molar-refractivity contribution in [2.75, 3.05) is 7.11 Å². The molecule has 1 atom stereocenters. The molecule has 2 amide bonds. The molecule has 0 spiro atoms. The van der Waals surface area contributed by atoms with Crippen molar-refractivity contribution >= 4 is 23.4 Å². The molecule has 1 heterocycles. The van der Waals surface area contributed by atoms with E-state index in [4.69, 9.17) is 16.3 Å². The van der Waals surface area contributed by atoms with Crippen LogP contribution < -0.4 is 15.4 Å². The molecule has 6 nitrogen and oxygen atoms in total. The zero-order valence-electron chi connectivity index (χ0n) is 14.1. The zero-order chi connectivity index (χ0) is 18.2. The molecule has 2 N–H and O–H groups in total. The van der Waals surface area contributed by atoms with Crippen LogP contribution in [0.25, 0.3) is 0 Å². The number of nitrogens with zero attached hydrogens (tertiary/aromatic N) is 1. The standard InChI is InChI=1S/C18H20ClN3O3/c1-12(23)22-16(14-3-5-15(19)6-4-14)10-17(24)21-11-13-7-8-20-18(9-13)25-2/h3-9,16H,10-11H2,1-2H3,(H,21,24)(H,22,23). The molecule has 0 aliphatic rings. The van der Waals surface area contributed by atoms with Crippen molar-refractivity contribution in [2.45, 2.75) is 25.9 Å². The van der Waals surface area contributed by atoms with Gasteiger partial charge in [0.1, 0.15) is 0 Å². The number of hydrogen-bond acceptors (Lipinski definition) is 4. The van der Waals surface area contributed by atoms with Gasteiger partial charge in [-0.05, 0) is 29.3 Å². The maximum absolute atomic E-state index is 12.3. The van der Waals surface area contributed by atoms with Gasteiger partial charge in [0.15, 0.2) is 0 Å². The van der Waals surface area contributed by atoms with Gasteiger partial charge in [0.05, 0.1) is 19.6 Å². The number of rotatable bonds is 7. The van der Waals surface area contributed by atoms with E-state index in [0.717, 1.165) is 11.1 Å². The number of benzene rings is 1. The lowest BCUT2D eigenvalue weighted by Crippen LogP contribution is -2.32. The van der Waals surface area contributed by atoms with Crippen molar-refractivity contribution in [3.63, 3.8) is 0 Å². The highest BCUT2D eigenvalue weighted by atomic mass is 35.5. The van der Waals surface area contributed by atoms with E-state index in [1.165, 1.54) is 14.0 Å². The van der Waals surface area contributed by atoms with E-state index in [1.807, 2.05) is 0 Å². The molecular weight excluding hydrogens is 342 g/mol. The molecule has 2 rings (SSSR count). The first kappa shape index (κ1) is 18.7. The highest BCUT2D eigenvalue weighted by Gasteiger charge is 2.17. The van der Waals surface area contributed by atoms with Crippen LogP contribution in [0.3, 0.4) is 0 Å². The molecule has 7 heteroatoms. The van der Waals surface area contributed by atoms with Gasteiger partial charge in [-0.15, -0.1) is 0 Å². The van der Waals surface area contributed by atoms with Crippen LogP contribution in [0, 0.1) is 0 Å². The molecule has 2 aromatic rings. The summed E-state index contributed by atoms with van der Waals surface area (Å²) in [6.07, 6.45) is 1.75. The fourth-order valence-corrected chi connectivity index (χ4v) is 2.45. The van der Waals surface area contributed by atoms with Gasteiger partial charge in [-0.2, -0.15) is 0 Å². The Morgan fingerprint density at radius 3 is 2.60 bits per heavy atom. The number of halogens is 1. The number of ether oxygens (including phenoxy) is 1. The molecule has 0 saturated heterocycles. The number of amides is 2. The third kappa shape index (κ3) is 6.08. The summed E-state index contributed by atoms with van der Waals surface area (Å²) in [5, 5.41) is 6.22. The number of pyridine rings is 1. The fraction of sp³-hybridized carbons (Fsp3) is 0.278. The van der Waals surface area contributed by atoms with Crippen LogP contribution in [0.5, 0.6) is 5.88 Å². The molecule has 1 aromatic carbocycles. The van der Waals surface area contributed by atoms with Crippen LogP contribution in [0.1, 0.15) is 30.5 Å². The average molecular weight is 362 g/mol. The van der Waals surface area contributed by atoms with Crippen LogP contribution in [0.15, 0.2) is 42.6 Å². The lowest BCUT2D eigenvalue weighted by atomic mass is 10.0. The van der Waals surface area contributed by atoms with Crippen LogP contribution in [-0.4, -0.2) is 23.9 Å². The van der Waals surface area contributed by atoms with Gasteiger partial charge in [0, 0.05) is 30.8 Å². The first-order valence-corrected chi connectivity index (χ1v) is 8.14. The van der Waals surface area contributed by atoms with Gasteiger partial charge in [0.2, 0.25) is 17.7 Å². The van der Waals surface area contributed by atoms with Crippen molar-refractivity contribution in [3.05, 3.63) is 58.7 Å². The van der Waals surface area contributed by atoms with E-state index in [-0.39, 0.29) is 18.2 Å². The Labute approximate surface area is 151 Å². The van der Waals surface area contributed by atoms with Gasteiger partial charge < -0.3 is 15.4 Å². The Balaban J connectivity index is 1.98. The lowest BCUT2D eigenvalue weighted by Gasteiger charge is -2.18. The average Bonchev–Trinajstić information content (AvgIpc) is 2.60. The summed E-state index contributed by atoms with van der Waals surface area (Å²) < 4.78 is 5.06. The van der Waals surface area contributed by atoms with E-state index in [2.05, 4.69) is 15.6 Å². The summed E-state index contributed by atoms with van der Waals surface area (Å²) in [7, 11) is 1.54. The molecular formula is C18H20ClN3O3. The Hall–Kier alpha value is -2.60. The van der Waals surface area contributed by atoms with E-state index in [1.54, 1.807) is 42.6 Å².